The highest BCUT2D eigenvalue weighted by Crippen LogP contribution is 2.85. The second-order valence-corrected chi connectivity index (χ2v) is 33.4. The third-order valence-electron chi connectivity index (χ3n) is 31.1. The van der Waals surface area contributed by atoms with Gasteiger partial charge in [0.05, 0.1) is 0 Å². The van der Waals surface area contributed by atoms with Crippen LogP contribution in [0.4, 0.5) is 5.69 Å². The average molecular weight is 1170 g/mol. The summed E-state index contributed by atoms with van der Waals surface area (Å²) in [5.41, 5.74) is 12.1. The van der Waals surface area contributed by atoms with Crippen LogP contribution in [0.15, 0.2) is 42.5 Å². The minimum Gasteiger partial charge on any atom is -0.322 e. The maximum Gasteiger partial charge on any atom is 0.255 e. The molecule has 0 aliphatic heterocycles. The van der Waals surface area contributed by atoms with Crippen LogP contribution in [0.3, 0.4) is 0 Å². The summed E-state index contributed by atoms with van der Waals surface area (Å²) >= 11 is 0. The van der Waals surface area contributed by atoms with Crippen molar-refractivity contribution in [2.24, 2.45) is 0 Å². The minimum absolute atomic E-state index is 0.0103. The molecule has 2 nitrogen and oxygen atoms in total. The molecule has 420 valence electrons. The van der Waals surface area contributed by atoms with Crippen molar-refractivity contribution in [1.29, 1.82) is 0 Å². The maximum absolute atomic E-state index is 15.1. The highest BCUT2D eigenvalue weighted by atomic mass is 16.1. The van der Waals surface area contributed by atoms with Gasteiger partial charge in [0, 0.05) is 22.1 Å². The Morgan fingerprint density at radius 2 is 0.516 bits per heavy atom. The average Bonchev–Trinajstić information content (AvgIpc) is 1.38. The van der Waals surface area contributed by atoms with Crippen molar-refractivity contribution in [1.82, 2.24) is 0 Å². The lowest BCUT2D eigenvalue weighted by molar-refractivity contribution is 0.102. The summed E-state index contributed by atoms with van der Waals surface area (Å²) in [6.07, 6.45) is 22.3. The molecular formula is C91H45NO. The van der Waals surface area contributed by atoms with Gasteiger partial charge in [-0.15, -0.1) is 0 Å². The van der Waals surface area contributed by atoms with E-state index in [2.05, 4.69) is 54.7 Å². The Labute approximate surface area is 523 Å². The Kier molecular flexibility index (Phi) is 5.09. The highest BCUT2D eigenvalue weighted by Gasteiger charge is 2.71. The predicted octanol–water partition coefficient (Wildman–Crippen LogP) is 25.4. The fraction of sp³-hybridized carbons (Fsp3) is 0.220. The van der Waals surface area contributed by atoms with Crippen LogP contribution in [0.2, 0.25) is 0 Å². The van der Waals surface area contributed by atoms with Crippen LogP contribution in [0.25, 0.3) is 291 Å². The van der Waals surface area contributed by atoms with E-state index in [9.17, 15) is 0 Å². The van der Waals surface area contributed by atoms with E-state index in [-0.39, 0.29) is 16.7 Å². The first-order valence-electron chi connectivity index (χ1n) is 36.5. The van der Waals surface area contributed by atoms with Gasteiger partial charge in [-0.05, 0) is 380 Å². The molecule has 2 heteroatoms. The third kappa shape index (κ3) is 3.01. The summed E-state index contributed by atoms with van der Waals surface area (Å²) in [5.74, 6) is 0.0103. The minimum atomic E-state index is -0.372. The molecule has 0 bridgehead atoms. The second-order valence-electron chi connectivity index (χ2n) is 33.4. The van der Waals surface area contributed by atoms with Gasteiger partial charge in [-0.3, -0.25) is 4.79 Å². The molecule has 0 radical (unpaired) electrons. The van der Waals surface area contributed by atoms with E-state index in [1.807, 2.05) is 0 Å². The number of fused-ring (bicyclic) bond motifs is 1. The first kappa shape index (κ1) is 41.8. The van der Waals surface area contributed by atoms with Crippen LogP contribution < -0.4 is 5.32 Å². The number of benzene rings is 20. The SMILES string of the molecule is CCCCCCCCCCCCCCCCc1ccc(NC(=O)c2ccc3c(c2)CC24c5c6c7c8c9c%10c(c%11c%12c2c2c5c5c%13c6c6c7c7c9c9c%14c%10c%10c%11c%11c%12c%12c2c2c5c5c%13c%13c6c6c7c9c7c9c%14c%10c%10c%11c%11c%12c2c2c5c5c%13c6c7c6c9c%10c%11c2c56)C84C3)cc1. The van der Waals surface area contributed by atoms with Crippen LogP contribution in [0, 0.1) is 0 Å². The largest absolute Gasteiger partial charge is 0.322 e. The Morgan fingerprint density at radius 3 is 0.785 bits per heavy atom. The summed E-state index contributed by atoms with van der Waals surface area (Å²) < 4.78 is 0. The fourth-order valence-electron chi connectivity index (χ4n) is 29.4. The lowest BCUT2D eigenvalue weighted by Crippen LogP contribution is -2.56. The van der Waals surface area contributed by atoms with E-state index in [1.165, 1.54) is 107 Å². The molecule has 1 amide bonds. The summed E-state index contributed by atoms with van der Waals surface area (Å²) in [7, 11) is 0. The zero-order chi connectivity index (χ0) is 57.6. The van der Waals surface area contributed by atoms with Crippen molar-refractivity contribution in [2.45, 2.75) is 127 Å². The van der Waals surface area contributed by atoms with Gasteiger partial charge in [0.25, 0.3) is 5.91 Å². The normalized spacial score (nSPS) is 19.7. The van der Waals surface area contributed by atoms with Crippen LogP contribution >= 0.6 is 0 Å². The Bertz CT molecular complexity index is 8080. The molecule has 5 aliphatic rings. The van der Waals surface area contributed by atoms with E-state index in [4.69, 9.17) is 0 Å². The predicted molar refractivity (Wildman–Crippen MR) is 396 cm³/mol. The number of hydrogen-bond donors (Lipinski definition) is 1. The number of rotatable bonds is 17. The quantitative estimate of drug-likeness (QED) is 0.0714. The van der Waals surface area contributed by atoms with Gasteiger partial charge in [-0.2, -0.15) is 0 Å². The van der Waals surface area contributed by atoms with Gasteiger partial charge in [0.2, 0.25) is 0 Å². The fourth-order valence-corrected chi connectivity index (χ4v) is 29.4. The van der Waals surface area contributed by atoms with E-state index < -0.39 is 0 Å². The molecule has 2 spiro atoms. The summed E-state index contributed by atoms with van der Waals surface area (Å²) in [5, 5.41) is 92.3. The zero-order valence-corrected chi connectivity index (χ0v) is 51.0. The van der Waals surface area contributed by atoms with Crippen molar-refractivity contribution < 1.29 is 4.79 Å². The lowest BCUT2D eigenvalue weighted by Gasteiger charge is -2.57. The first-order valence-corrected chi connectivity index (χ1v) is 36.5. The monoisotopic (exact) mass is 1170 g/mol. The third-order valence-corrected chi connectivity index (χ3v) is 31.1. The molecule has 30 aromatic carbocycles. The van der Waals surface area contributed by atoms with Gasteiger partial charge in [-0.25, -0.2) is 0 Å². The van der Waals surface area contributed by atoms with Crippen molar-refractivity contribution in [3.63, 3.8) is 0 Å². The van der Waals surface area contributed by atoms with Crippen LogP contribution in [-0.4, -0.2) is 5.91 Å². The molecule has 30 aromatic rings. The molecule has 0 unspecified atom stereocenters. The number of aryl methyl sites for hydroxylation is 1. The van der Waals surface area contributed by atoms with Gasteiger partial charge >= 0.3 is 0 Å². The van der Waals surface area contributed by atoms with Crippen LogP contribution in [0.5, 0.6) is 0 Å². The molecule has 0 atom stereocenters. The molecule has 93 heavy (non-hydrogen) atoms. The summed E-state index contributed by atoms with van der Waals surface area (Å²) in [4.78, 5) is 15.1. The number of nitrogens with one attached hydrogen (secondary N) is 1. The van der Waals surface area contributed by atoms with Gasteiger partial charge < -0.3 is 5.32 Å². The molecule has 35 rings (SSSR count). The van der Waals surface area contributed by atoms with E-state index in [0.29, 0.717) is 0 Å². The topological polar surface area (TPSA) is 29.1 Å². The second kappa shape index (κ2) is 11.3. The number of anilines is 1. The van der Waals surface area contributed by atoms with E-state index in [0.717, 1.165) is 30.5 Å². The maximum atomic E-state index is 15.1. The van der Waals surface area contributed by atoms with Gasteiger partial charge in [0.1, 0.15) is 0 Å². The van der Waals surface area contributed by atoms with E-state index >= 15 is 4.79 Å². The smallest absolute Gasteiger partial charge is 0.255 e. The molecule has 5 aliphatic carbocycles. The van der Waals surface area contributed by atoms with Crippen molar-refractivity contribution in [2.75, 3.05) is 5.32 Å². The van der Waals surface area contributed by atoms with E-state index in [1.54, 1.807) is 313 Å². The molecule has 0 heterocycles. The molecular weight excluding hydrogens is 1120 g/mol. The summed E-state index contributed by atoms with van der Waals surface area (Å²) in [6, 6.07) is 16.0. The molecule has 0 saturated carbocycles. The molecule has 0 fully saturated rings. The Hall–Kier alpha value is -9.63. The lowest BCUT2D eigenvalue weighted by atomic mass is 9.43. The van der Waals surface area contributed by atoms with Gasteiger partial charge in [0.15, 0.2) is 0 Å². The standard InChI is InChI=1S/C91H45NO/c1-2-3-4-5-6-7-8-9-10-11-12-13-14-15-16-26-17-21-30(22-18-26)92-89(93)27-19-20-28-24-90-85-77-69-59-49-41-33-31-32-35-39-37(33)45-53-47(39)57-51-43(35)44-36(32)40-38-34(31)42(41)50-56-46(38)54-48(40)58-52(44)62-61(51)71-65(57)75-67(53)73(63(69)55(45)49)81(85)83(75)87-79(71)80-72(62)66(58)76-68(54)74-64(56)70(60(50)59)78(77)86(90)82(74)84(76)88(80)91(87,90)25-29(28)23-27/h17-23H,2-16,24-25H2,1H3,(H,92,93). The number of hydrogen-bond acceptors (Lipinski definition) is 1. The highest BCUT2D eigenvalue weighted by molar-refractivity contribution is 6.82. The van der Waals surface area contributed by atoms with Crippen molar-refractivity contribution in [3.8, 4) is 0 Å². The number of amides is 1. The first-order chi connectivity index (χ1) is 46.2. The molecule has 0 saturated heterocycles. The van der Waals surface area contributed by atoms with Crippen LogP contribution in [0.1, 0.15) is 146 Å². The molecule has 1 N–H and O–H groups in total. The number of carbonyl (C=O) groups is 1. The Balaban J connectivity index is 0.647. The zero-order valence-electron chi connectivity index (χ0n) is 51.0. The number of carbonyl (C=O) groups excluding carboxylic acids is 1. The van der Waals surface area contributed by atoms with Crippen molar-refractivity contribution in [3.05, 3.63) is 87.0 Å². The Morgan fingerprint density at radius 1 is 0.280 bits per heavy atom. The van der Waals surface area contributed by atoms with Gasteiger partial charge in [-0.1, -0.05) is 109 Å². The van der Waals surface area contributed by atoms with Crippen LogP contribution in [-0.2, 0) is 30.1 Å². The summed E-state index contributed by atoms with van der Waals surface area (Å²) in [6.45, 7) is 2.31. The van der Waals surface area contributed by atoms with Crippen molar-refractivity contribution >= 4 is 302 Å². The molecule has 0 aromatic heterocycles. The number of unbranched alkanes of at least 4 members (excludes halogenated alkanes) is 13.